The first-order chi connectivity index (χ1) is 11.8. The third-order valence-corrected chi connectivity index (χ3v) is 5.20. The molecule has 0 spiro atoms. The molecule has 0 saturated carbocycles. The van der Waals surface area contributed by atoms with Crippen LogP contribution in [0.3, 0.4) is 0 Å². The minimum absolute atomic E-state index is 0.596. The molecule has 0 atom stereocenters. The van der Waals surface area contributed by atoms with Crippen LogP contribution in [0.2, 0.25) is 0 Å². The number of aromatic nitrogens is 3. The van der Waals surface area contributed by atoms with E-state index in [-0.39, 0.29) is 0 Å². The Kier molecular flexibility index (Phi) is 4.31. The summed E-state index contributed by atoms with van der Waals surface area (Å²) in [5.74, 6) is 0.625. The van der Waals surface area contributed by atoms with Crippen LogP contribution in [-0.2, 0) is 6.54 Å². The monoisotopic (exact) mass is 344 g/mol. The molecule has 2 aromatic heterocycles. The zero-order valence-electron chi connectivity index (χ0n) is 13.6. The Bertz CT molecular complexity index is 783. The molecular formula is C16H20N6OS. The third-order valence-electron chi connectivity index (χ3n) is 4.10. The van der Waals surface area contributed by atoms with Gasteiger partial charge in [0.1, 0.15) is 0 Å². The summed E-state index contributed by atoms with van der Waals surface area (Å²) < 4.78 is 6.96. The maximum absolute atomic E-state index is 5.72. The van der Waals surface area contributed by atoms with Crippen LogP contribution in [0.15, 0.2) is 28.7 Å². The van der Waals surface area contributed by atoms with Crippen LogP contribution in [0.4, 0.5) is 11.1 Å². The molecule has 0 radical (unpaired) electrons. The van der Waals surface area contributed by atoms with Crippen molar-refractivity contribution in [2.24, 2.45) is 0 Å². The van der Waals surface area contributed by atoms with Crippen molar-refractivity contribution in [1.29, 1.82) is 0 Å². The van der Waals surface area contributed by atoms with Crippen LogP contribution >= 0.6 is 11.3 Å². The maximum atomic E-state index is 5.72. The van der Waals surface area contributed by atoms with Crippen molar-refractivity contribution in [2.75, 3.05) is 43.0 Å². The quantitative estimate of drug-likeness (QED) is 0.777. The molecule has 0 amide bonds. The fourth-order valence-electron chi connectivity index (χ4n) is 2.89. The fourth-order valence-corrected chi connectivity index (χ4v) is 3.91. The first kappa shape index (κ1) is 15.3. The molecule has 7 nitrogen and oxygen atoms in total. The van der Waals surface area contributed by atoms with Gasteiger partial charge < -0.3 is 19.5 Å². The van der Waals surface area contributed by atoms with Crippen molar-refractivity contribution < 1.29 is 4.42 Å². The van der Waals surface area contributed by atoms with Gasteiger partial charge in [-0.1, -0.05) is 28.6 Å². The lowest BCUT2D eigenvalue weighted by Crippen LogP contribution is -2.30. The second kappa shape index (κ2) is 6.74. The molecule has 1 saturated heterocycles. The van der Waals surface area contributed by atoms with Crippen LogP contribution in [-0.4, -0.2) is 48.4 Å². The number of thiazole rings is 1. The van der Waals surface area contributed by atoms with Gasteiger partial charge in [0.05, 0.1) is 16.8 Å². The molecule has 0 bridgehead atoms. The summed E-state index contributed by atoms with van der Waals surface area (Å²) in [5, 5.41) is 12.4. The number of nitrogens with zero attached hydrogens (tertiary/aromatic N) is 5. The predicted octanol–water partition coefficient (Wildman–Crippen LogP) is 2.12. The Morgan fingerprint density at radius 1 is 1.12 bits per heavy atom. The normalized spacial score (nSPS) is 15.9. The standard InChI is InChI=1S/C16H20N6OS/c1-17-11-14-19-20-15(23-14)21-7-4-8-22(10-9-21)16-18-12-5-2-3-6-13(12)24-16/h2-3,5-6,17H,4,7-11H2,1H3. The average molecular weight is 344 g/mol. The Morgan fingerprint density at radius 2 is 1.96 bits per heavy atom. The van der Waals surface area contributed by atoms with Gasteiger partial charge in [-0.15, -0.1) is 5.10 Å². The molecule has 3 heterocycles. The van der Waals surface area contributed by atoms with Crippen molar-refractivity contribution in [3.8, 4) is 0 Å². The smallest absolute Gasteiger partial charge is 0.318 e. The maximum Gasteiger partial charge on any atom is 0.318 e. The summed E-state index contributed by atoms with van der Waals surface area (Å²) in [7, 11) is 1.87. The molecule has 0 unspecified atom stereocenters. The summed E-state index contributed by atoms with van der Waals surface area (Å²) in [6.45, 7) is 4.27. The van der Waals surface area contributed by atoms with E-state index >= 15 is 0 Å². The van der Waals surface area contributed by atoms with Crippen LogP contribution in [0, 0.1) is 0 Å². The highest BCUT2D eigenvalue weighted by atomic mass is 32.1. The Labute approximate surface area is 144 Å². The van der Waals surface area contributed by atoms with Crippen molar-refractivity contribution in [2.45, 2.75) is 13.0 Å². The highest BCUT2D eigenvalue weighted by Crippen LogP contribution is 2.29. The number of hydrogen-bond acceptors (Lipinski definition) is 8. The number of hydrogen-bond donors (Lipinski definition) is 1. The molecule has 1 aromatic carbocycles. The van der Waals surface area contributed by atoms with Crippen LogP contribution < -0.4 is 15.1 Å². The van der Waals surface area contributed by atoms with Crippen molar-refractivity contribution in [1.82, 2.24) is 20.5 Å². The van der Waals surface area contributed by atoms with E-state index in [1.165, 1.54) is 4.70 Å². The van der Waals surface area contributed by atoms with E-state index in [1.54, 1.807) is 11.3 Å². The zero-order chi connectivity index (χ0) is 16.4. The number of para-hydroxylation sites is 1. The molecule has 8 heteroatoms. The lowest BCUT2D eigenvalue weighted by molar-refractivity contribution is 0.472. The molecule has 1 N–H and O–H groups in total. The number of benzene rings is 1. The molecule has 24 heavy (non-hydrogen) atoms. The summed E-state index contributed by atoms with van der Waals surface area (Å²) in [6, 6.07) is 8.91. The number of fused-ring (bicyclic) bond motifs is 1. The fraction of sp³-hybridized carbons (Fsp3) is 0.438. The van der Waals surface area contributed by atoms with Gasteiger partial charge in [-0.2, -0.15) is 0 Å². The Hall–Kier alpha value is -2.19. The van der Waals surface area contributed by atoms with Crippen LogP contribution in [0.25, 0.3) is 10.2 Å². The topological polar surface area (TPSA) is 70.3 Å². The van der Waals surface area contributed by atoms with Gasteiger partial charge in [0, 0.05) is 26.2 Å². The molecule has 126 valence electrons. The van der Waals surface area contributed by atoms with Gasteiger partial charge in [0.15, 0.2) is 5.13 Å². The first-order valence-electron chi connectivity index (χ1n) is 8.16. The number of nitrogens with one attached hydrogen (secondary N) is 1. The molecule has 1 aliphatic rings. The van der Waals surface area contributed by atoms with E-state index < -0.39 is 0 Å². The third kappa shape index (κ3) is 3.07. The van der Waals surface area contributed by atoms with Gasteiger partial charge in [0.2, 0.25) is 5.89 Å². The van der Waals surface area contributed by atoms with Crippen molar-refractivity contribution >= 4 is 32.7 Å². The van der Waals surface area contributed by atoms with Gasteiger partial charge in [-0.25, -0.2) is 4.98 Å². The van der Waals surface area contributed by atoms with Gasteiger partial charge in [-0.05, 0) is 25.6 Å². The van der Waals surface area contributed by atoms with Gasteiger partial charge >= 0.3 is 6.01 Å². The number of rotatable bonds is 4. The minimum Gasteiger partial charge on any atom is -0.407 e. The number of anilines is 2. The van der Waals surface area contributed by atoms with E-state index in [0.29, 0.717) is 18.5 Å². The van der Waals surface area contributed by atoms with E-state index in [9.17, 15) is 0 Å². The average Bonchev–Trinajstić information content (AvgIpc) is 3.16. The molecule has 3 aromatic rings. The SMILES string of the molecule is CNCc1nnc(N2CCCN(c3nc4ccccc4s3)CC2)o1. The minimum atomic E-state index is 0.596. The zero-order valence-corrected chi connectivity index (χ0v) is 14.4. The summed E-state index contributed by atoms with van der Waals surface area (Å²) >= 11 is 1.76. The molecule has 4 rings (SSSR count). The van der Waals surface area contributed by atoms with Gasteiger partial charge in [0.25, 0.3) is 0 Å². The van der Waals surface area contributed by atoms with Gasteiger partial charge in [-0.3, -0.25) is 0 Å². The summed E-state index contributed by atoms with van der Waals surface area (Å²) in [6.07, 6.45) is 1.04. The van der Waals surface area contributed by atoms with E-state index in [1.807, 2.05) is 13.1 Å². The highest BCUT2D eigenvalue weighted by molar-refractivity contribution is 7.22. The van der Waals surface area contributed by atoms with Crippen molar-refractivity contribution in [3.05, 3.63) is 30.2 Å². The molecule has 1 aliphatic heterocycles. The van der Waals surface area contributed by atoms with E-state index in [4.69, 9.17) is 9.40 Å². The van der Waals surface area contributed by atoms with Crippen LogP contribution in [0.1, 0.15) is 12.3 Å². The highest BCUT2D eigenvalue weighted by Gasteiger charge is 2.21. The Morgan fingerprint density at radius 3 is 2.83 bits per heavy atom. The van der Waals surface area contributed by atoms with Crippen molar-refractivity contribution in [3.63, 3.8) is 0 Å². The second-order valence-electron chi connectivity index (χ2n) is 5.80. The lowest BCUT2D eigenvalue weighted by atomic mass is 10.3. The first-order valence-corrected chi connectivity index (χ1v) is 8.97. The summed E-state index contributed by atoms with van der Waals surface area (Å²) in [5.41, 5.74) is 1.08. The molecule has 0 aliphatic carbocycles. The van der Waals surface area contributed by atoms with Crippen LogP contribution in [0.5, 0.6) is 0 Å². The second-order valence-corrected chi connectivity index (χ2v) is 6.81. The summed E-state index contributed by atoms with van der Waals surface area (Å²) in [4.78, 5) is 9.29. The van der Waals surface area contributed by atoms with E-state index in [2.05, 4.69) is 43.5 Å². The molecular weight excluding hydrogens is 324 g/mol. The Balaban J connectivity index is 1.47. The lowest BCUT2D eigenvalue weighted by Gasteiger charge is -2.19. The molecule has 1 fully saturated rings. The van der Waals surface area contributed by atoms with E-state index in [0.717, 1.165) is 43.2 Å². The largest absolute Gasteiger partial charge is 0.407 e. The predicted molar refractivity (Wildman–Crippen MR) is 95.7 cm³/mol.